The highest BCUT2D eigenvalue weighted by Gasteiger charge is 2.12. The molecule has 2 rings (SSSR count). The third-order valence-corrected chi connectivity index (χ3v) is 5.81. The van der Waals surface area contributed by atoms with Crippen molar-refractivity contribution in [2.45, 2.75) is 110 Å². The highest BCUT2D eigenvalue weighted by atomic mass is 16.7. The average Bonchev–Trinajstić information content (AvgIpc) is 3.24. The van der Waals surface area contributed by atoms with Crippen molar-refractivity contribution in [2.75, 3.05) is 6.79 Å². The SMILES string of the molecule is CCCCCCCCCCCCCCCCCC(=O)N/N=C\c1ccc2c(c1)OCO2. The Balaban J connectivity index is 1.35. The molecule has 5 nitrogen and oxygen atoms in total. The molecule has 0 aromatic heterocycles. The minimum Gasteiger partial charge on any atom is -0.454 e. The normalized spacial score (nSPS) is 12.5. The standard InChI is InChI=1S/C26H42N2O3/c1-2-3-4-5-6-7-8-9-10-11-12-13-14-15-16-17-26(29)28-27-21-23-18-19-24-25(20-23)31-22-30-24/h18-21H,2-17,22H2,1H3,(H,28,29)/b27-21-. The number of amides is 1. The van der Waals surface area contributed by atoms with Crippen LogP contribution in [0.5, 0.6) is 11.5 Å². The Hall–Kier alpha value is -2.04. The summed E-state index contributed by atoms with van der Waals surface area (Å²) >= 11 is 0. The van der Waals surface area contributed by atoms with Gasteiger partial charge in [-0.05, 0) is 30.2 Å². The Labute approximate surface area is 189 Å². The molecule has 5 heteroatoms. The van der Waals surface area contributed by atoms with Crippen LogP contribution in [0.4, 0.5) is 0 Å². The van der Waals surface area contributed by atoms with Crippen LogP contribution in [-0.4, -0.2) is 18.9 Å². The van der Waals surface area contributed by atoms with Gasteiger partial charge in [-0.2, -0.15) is 5.10 Å². The Morgan fingerprint density at radius 2 is 1.39 bits per heavy atom. The van der Waals surface area contributed by atoms with Crippen LogP contribution in [0.15, 0.2) is 23.3 Å². The highest BCUT2D eigenvalue weighted by Crippen LogP contribution is 2.31. The largest absolute Gasteiger partial charge is 0.454 e. The monoisotopic (exact) mass is 430 g/mol. The fraction of sp³-hybridized carbons (Fsp3) is 0.692. The lowest BCUT2D eigenvalue weighted by atomic mass is 10.0. The molecule has 0 fully saturated rings. The molecule has 0 unspecified atom stereocenters. The predicted octanol–water partition coefficient (Wildman–Crippen LogP) is 7.13. The summed E-state index contributed by atoms with van der Waals surface area (Å²) in [7, 11) is 0. The number of rotatable bonds is 18. The van der Waals surface area contributed by atoms with Crippen LogP contribution in [0.2, 0.25) is 0 Å². The Morgan fingerprint density at radius 3 is 2.00 bits per heavy atom. The van der Waals surface area contributed by atoms with Gasteiger partial charge in [-0.15, -0.1) is 0 Å². The summed E-state index contributed by atoms with van der Waals surface area (Å²) in [6.07, 6.45) is 22.1. The maximum atomic E-state index is 11.9. The lowest BCUT2D eigenvalue weighted by Crippen LogP contribution is -2.16. The molecule has 174 valence electrons. The first kappa shape index (κ1) is 25.2. The molecular weight excluding hydrogens is 388 g/mol. The zero-order chi connectivity index (χ0) is 22.0. The Kier molecular flexibility index (Phi) is 13.5. The van der Waals surface area contributed by atoms with Gasteiger partial charge in [0.15, 0.2) is 11.5 Å². The number of benzene rings is 1. The zero-order valence-corrected chi connectivity index (χ0v) is 19.5. The van der Waals surface area contributed by atoms with E-state index in [1.165, 1.54) is 83.5 Å². The van der Waals surface area contributed by atoms with E-state index in [-0.39, 0.29) is 12.7 Å². The molecule has 1 N–H and O–H groups in total. The van der Waals surface area contributed by atoms with Gasteiger partial charge in [0.2, 0.25) is 12.7 Å². The summed E-state index contributed by atoms with van der Waals surface area (Å²) in [5, 5.41) is 4.03. The van der Waals surface area contributed by atoms with E-state index in [4.69, 9.17) is 9.47 Å². The number of hydrogen-bond acceptors (Lipinski definition) is 4. The van der Waals surface area contributed by atoms with Crippen molar-refractivity contribution in [3.63, 3.8) is 0 Å². The molecule has 0 saturated carbocycles. The van der Waals surface area contributed by atoms with Crippen LogP contribution in [0.1, 0.15) is 115 Å². The Bertz CT molecular complexity index is 646. The fourth-order valence-electron chi connectivity index (χ4n) is 3.89. The molecule has 1 heterocycles. The first-order chi connectivity index (χ1) is 15.3. The van der Waals surface area contributed by atoms with Crippen molar-refractivity contribution >= 4 is 12.1 Å². The summed E-state index contributed by atoms with van der Waals surface area (Å²) in [6, 6.07) is 5.59. The van der Waals surface area contributed by atoms with Crippen molar-refractivity contribution < 1.29 is 14.3 Å². The minimum absolute atomic E-state index is 0.0216. The van der Waals surface area contributed by atoms with Gasteiger partial charge >= 0.3 is 0 Å². The molecule has 0 bridgehead atoms. The van der Waals surface area contributed by atoms with Crippen LogP contribution < -0.4 is 14.9 Å². The number of ether oxygens (including phenoxy) is 2. The second kappa shape index (κ2) is 16.6. The second-order valence-electron chi connectivity index (χ2n) is 8.61. The molecule has 0 radical (unpaired) electrons. The maximum absolute atomic E-state index is 11.9. The van der Waals surface area contributed by atoms with Crippen LogP contribution >= 0.6 is 0 Å². The first-order valence-corrected chi connectivity index (χ1v) is 12.5. The molecule has 1 aromatic carbocycles. The lowest BCUT2D eigenvalue weighted by molar-refractivity contribution is -0.121. The summed E-state index contributed by atoms with van der Waals surface area (Å²) in [5.41, 5.74) is 3.48. The van der Waals surface area contributed by atoms with Gasteiger partial charge in [0.1, 0.15) is 0 Å². The van der Waals surface area contributed by atoms with Gasteiger partial charge in [0, 0.05) is 6.42 Å². The van der Waals surface area contributed by atoms with E-state index >= 15 is 0 Å². The second-order valence-corrected chi connectivity index (χ2v) is 8.61. The number of nitrogens with zero attached hydrogens (tertiary/aromatic N) is 1. The number of carbonyl (C=O) groups is 1. The van der Waals surface area contributed by atoms with E-state index in [0.717, 1.165) is 24.2 Å². The van der Waals surface area contributed by atoms with Gasteiger partial charge in [-0.25, -0.2) is 5.43 Å². The summed E-state index contributed by atoms with van der Waals surface area (Å²) in [4.78, 5) is 11.9. The molecule has 1 amide bonds. The number of unbranched alkanes of at least 4 members (excludes halogenated alkanes) is 14. The van der Waals surface area contributed by atoms with Gasteiger partial charge in [-0.3, -0.25) is 4.79 Å². The van der Waals surface area contributed by atoms with Gasteiger partial charge in [-0.1, -0.05) is 96.8 Å². The molecule has 0 saturated heterocycles. The molecule has 1 aliphatic heterocycles. The van der Waals surface area contributed by atoms with E-state index in [1.54, 1.807) is 6.21 Å². The van der Waals surface area contributed by atoms with E-state index in [0.29, 0.717) is 12.2 Å². The predicted molar refractivity (Wildman–Crippen MR) is 128 cm³/mol. The van der Waals surface area contributed by atoms with Crippen molar-refractivity contribution in [3.8, 4) is 11.5 Å². The first-order valence-electron chi connectivity index (χ1n) is 12.5. The summed E-state index contributed by atoms with van der Waals surface area (Å²) in [6.45, 7) is 2.53. The zero-order valence-electron chi connectivity index (χ0n) is 19.5. The number of fused-ring (bicyclic) bond motifs is 1. The molecule has 1 aliphatic rings. The van der Waals surface area contributed by atoms with E-state index < -0.39 is 0 Å². The Morgan fingerprint density at radius 1 is 0.839 bits per heavy atom. The van der Waals surface area contributed by atoms with Crippen LogP contribution in [-0.2, 0) is 4.79 Å². The van der Waals surface area contributed by atoms with Crippen LogP contribution in [0.25, 0.3) is 0 Å². The highest BCUT2D eigenvalue weighted by molar-refractivity contribution is 5.83. The number of hydrogen-bond donors (Lipinski definition) is 1. The number of carbonyl (C=O) groups excluding carboxylic acids is 1. The van der Waals surface area contributed by atoms with Gasteiger partial charge in [0.05, 0.1) is 6.21 Å². The maximum Gasteiger partial charge on any atom is 0.240 e. The fourth-order valence-corrected chi connectivity index (χ4v) is 3.89. The smallest absolute Gasteiger partial charge is 0.240 e. The average molecular weight is 431 g/mol. The van der Waals surface area contributed by atoms with Crippen LogP contribution in [0.3, 0.4) is 0 Å². The van der Waals surface area contributed by atoms with E-state index in [9.17, 15) is 4.79 Å². The number of nitrogens with one attached hydrogen (secondary N) is 1. The molecular formula is C26H42N2O3. The lowest BCUT2D eigenvalue weighted by Gasteiger charge is -2.03. The summed E-state index contributed by atoms with van der Waals surface area (Å²) < 4.78 is 10.6. The molecule has 0 aliphatic carbocycles. The van der Waals surface area contributed by atoms with Crippen molar-refractivity contribution in [3.05, 3.63) is 23.8 Å². The van der Waals surface area contributed by atoms with Gasteiger partial charge in [0.25, 0.3) is 0 Å². The summed E-state index contributed by atoms with van der Waals surface area (Å²) in [5.74, 6) is 1.44. The van der Waals surface area contributed by atoms with E-state index in [1.807, 2.05) is 18.2 Å². The molecule has 1 aromatic rings. The van der Waals surface area contributed by atoms with Crippen molar-refractivity contribution in [1.82, 2.24) is 5.43 Å². The minimum atomic E-state index is -0.0216. The molecule has 31 heavy (non-hydrogen) atoms. The van der Waals surface area contributed by atoms with Gasteiger partial charge < -0.3 is 9.47 Å². The van der Waals surface area contributed by atoms with Crippen molar-refractivity contribution in [1.29, 1.82) is 0 Å². The van der Waals surface area contributed by atoms with Crippen LogP contribution in [0, 0.1) is 0 Å². The third-order valence-electron chi connectivity index (χ3n) is 5.81. The topological polar surface area (TPSA) is 59.9 Å². The molecule has 0 spiro atoms. The number of hydrazone groups is 1. The van der Waals surface area contributed by atoms with E-state index in [2.05, 4.69) is 17.5 Å². The molecule has 0 atom stereocenters. The van der Waals surface area contributed by atoms with Crippen molar-refractivity contribution in [2.24, 2.45) is 5.10 Å². The third kappa shape index (κ3) is 11.8. The quantitative estimate of drug-likeness (QED) is 0.153.